The molecule has 2 aliphatic heterocycles. The molecule has 2 fully saturated rings. The quantitative estimate of drug-likeness (QED) is 0.678. The second-order valence-electron chi connectivity index (χ2n) is 5.05. The zero-order chi connectivity index (χ0) is 14.0. The second kappa shape index (κ2) is 5.46. The zero-order valence-electron chi connectivity index (χ0n) is 11.0. The van der Waals surface area contributed by atoms with Crippen molar-refractivity contribution in [2.24, 2.45) is 5.92 Å². The van der Waals surface area contributed by atoms with Crippen LogP contribution in [0.1, 0.15) is 12.8 Å². The number of carbonyl (C=O) groups is 2. The van der Waals surface area contributed by atoms with E-state index in [1.807, 2.05) is 0 Å². The number of piperazine rings is 1. The van der Waals surface area contributed by atoms with Crippen molar-refractivity contribution >= 4 is 21.8 Å². The molecule has 2 heterocycles. The van der Waals surface area contributed by atoms with Crippen LogP contribution in [0.25, 0.3) is 0 Å². The van der Waals surface area contributed by atoms with Crippen molar-refractivity contribution < 1.29 is 18.0 Å². The fraction of sp³-hybridized carbons (Fsp3) is 0.818. The Hall–Kier alpha value is -1.15. The van der Waals surface area contributed by atoms with Crippen LogP contribution in [-0.4, -0.2) is 68.4 Å². The second-order valence-corrected chi connectivity index (χ2v) is 7.03. The van der Waals surface area contributed by atoms with Gasteiger partial charge in [-0.15, -0.1) is 0 Å². The van der Waals surface area contributed by atoms with E-state index in [9.17, 15) is 18.0 Å². The van der Waals surface area contributed by atoms with Crippen LogP contribution < -0.4 is 5.32 Å². The van der Waals surface area contributed by atoms with E-state index in [4.69, 9.17) is 0 Å². The van der Waals surface area contributed by atoms with Crippen LogP contribution in [0.4, 0.5) is 0 Å². The zero-order valence-corrected chi connectivity index (χ0v) is 11.8. The molecular formula is C11H19N3O4S. The minimum atomic E-state index is -3.16. The highest BCUT2D eigenvalue weighted by molar-refractivity contribution is 7.88. The monoisotopic (exact) mass is 289 g/mol. The summed E-state index contributed by atoms with van der Waals surface area (Å²) >= 11 is 0. The van der Waals surface area contributed by atoms with E-state index in [1.165, 1.54) is 10.6 Å². The number of nitrogens with one attached hydrogen (secondary N) is 1. The van der Waals surface area contributed by atoms with E-state index in [-0.39, 0.29) is 24.3 Å². The van der Waals surface area contributed by atoms with Gasteiger partial charge in [-0.1, -0.05) is 0 Å². The van der Waals surface area contributed by atoms with Crippen LogP contribution in [0, 0.1) is 5.92 Å². The summed E-state index contributed by atoms with van der Waals surface area (Å²) in [6, 6.07) is 0. The molecule has 7 nitrogen and oxygen atoms in total. The van der Waals surface area contributed by atoms with Gasteiger partial charge in [-0.25, -0.2) is 12.7 Å². The minimum absolute atomic E-state index is 0.0250. The third-order valence-corrected chi connectivity index (χ3v) is 4.93. The van der Waals surface area contributed by atoms with Gasteiger partial charge in [0.05, 0.1) is 12.8 Å². The summed E-state index contributed by atoms with van der Waals surface area (Å²) in [5.41, 5.74) is 0. The first-order chi connectivity index (χ1) is 8.88. The largest absolute Gasteiger partial charge is 0.353 e. The van der Waals surface area contributed by atoms with Crippen molar-refractivity contribution in [3.63, 3.8) is 0 Å². The molecule has 19 heavy (non-hydrogen) atoms. The van der Waals surface area contributed by atoms with Crippen LogP contribution in [0.15, 0.2) is 0 Å². The summed E-state index contributed by atoms with van der Waals surface area (Å²) in [6.07, 6.45) is 2.25. The predicted molar refractivity (Wildman–Crippen MR) is 68.7 cm³/mol. The first-order valence-corrected chi connectivity index (χ1v) is 8.23. The molecule has 0 aromatic carbocycles. The van der Waals surface area contributed by atoms with Gasteiger partial charge >= 0.3 is 0 Å². The lowest BCUT2D eigenvalue weighted by Crippen LogP contribution is -2.52. The Labute approximate surface area is 113 Å². The molecule has 0 radical (unpaired) electrons. The molecule has 0 aliphatic carbocycles. The number of hydrogen-bond donors (Lipinski definition) is 1. The summed E-state index contributed by atoms with van der Waals surface area (Å²) < 4.78 is 24.2. The molecule has 0 atom stereocenters. The molecule has 0 spiro atoms. The average molecular weight is 289 g/mol. The number of piperidine rings is 1. The SMILES string of the molecule is CS(=O)(=O)N1CCC(C(=O)N2CCNC(=O)C2)CC1. The van der Waals surface area contributed by atoms with Crippen LogP contribution >= 0.6 is 0 Å². The number of amides is 2. The van der Waals surface area contributed by atoms with Gasteiger partial charge in [0.1, 0.15) is 0 Å². The maximum atomic E-state index is 12.2. The molecule has 108 valence electrons. The Morgan fingerprint density at radius 1 is 1.26 bits per heavy atom. The maximum absolute atomic E-state index is 12.2. The van der Waals surface area contributed by atoms with Gasteiger partial charge in [0, 0.05) is 32.1 Å². The number of nitrogens with zero attached hydrogens (tertiary/aromatic N) is 2. The highest BCUT2D eigenvalue weighted by Gasteiger charge is 2.32. The third-order valence-electron chi connectivity index (χ3n) is 3.62. The first kappa shape index (κ1) is 14.3. The van der Waals surface area contributed by atoms with Crippen LogP contribution in [0.5, 0.6) is 0 Å². The summed E-state index contributed by atoms with van der Waals surface area (Å²) in [5, 5.41) is 2.68. The molecule has 0 aromatic heterocycles. The van der Waals surface area contributed by atoms with E-state index in [1.54, 1.807) is 4.90 Å². The number of carbonyl (C=O) groups excluding carboxylic acids is 2. The lowest BCUT2D eigenvalue weighted by Gasteiger charge is -2.34. The van der Waals surface area contributed by atoms with Crippen LogP contribution in [0.3, 0.4) is 0 Å². The molecular weight excluding hydrogens is 270 g/mol. The van der Waals surface area contributed by atoms with Crippen molar-refractivity contribution in [1.82, 2.24) is 14.5 Å². The Morgan fingerprint density at radius 3 is 2.42 bits per heavy atom. The Morgan fingerprint density at radius 2 is 1.89 bits per heavy atom. The number of hydrogen-bond acceptors (Lipinski definition) is 4. The Bertz CT molecular complexity index is 468. The van der Waals surface area contributed by atoms with Crippen LogP contribution in [0.2, 0.25) is 0 Å². The van der Waals surface area contributed by atoms with Gasteiger partial charge in [0.2, 0.25) is 21.8 Å². The van der Waals surface area contributed by atoms with E-state index < -0.39 is 10.0 Å². The summed E-state index contributed by atoms with van der Waals surface area (Å²) in [5.74, 6) is -0.319. The molecule has 0 unspecified atom stereocenters. The molecule has 2 rings (SSSR count). The normalized spacial score (nSPS) is 23.2. The number of rotatable bonds is 2. The molecule has 0 aromatic rings. The Balaban J connectivity index is 1.90. The summed E-state index contributed by atoms with van der Waals surface area (Å²) in [4.78, 5) is 25.1. The smallest absolute Gasteiger partial charge is 0.239 e. The first-order valence-electron chi connectivity index (χ1n) is 6.38. The van der Waals surface area contributed by atoms with Gasteiger partial charge in [0.25, 0.3) is 0 Å². The molecule has 2 amide bonds. The molecule has 2 saturated heterocycles. The van der Waals surface area contributed by atoms with Crippen LogP contribution in [-0.2, 0) is 19.6 Å². The topological polar surface area (TPSA) is 86.8 Å². The maximum Gasteiger partial charge on any atom is 0.239 e. The minimum Gasteiger partial charge on any atom is -0.353 e. The fourth-order valence-electron chi connectivity index (χ4n) is 2.52. The highest BCUT2D eigenvalue weighted by atomic mass is 32.2. The molecule has 8 heteroatoms. The predicted octanol–water partition coefficient (Wildman–Crippen LogP) is -1.38. The van der Waals surface area contributed by atoms with Gasteiger partial charge < -0.3 is 10.2 Å². The summed E-state index contributed by atoms with van der Waals surface area (Å²) in [6.45, 7) is 1.92. The van der Waals surface area contributed by atoms with Crippen molar-refractivity contribution in [2.75, 3.05) is 39.0 Å². The molecule has 0 saturated carbocycles. The summed E-state index contributed by atoms with van der Waals surface area (Å²) in [7, 11) is -3.16. The lowest BCUT2D eigenvalue weighted by molar-refractivity contribution is -0.142. The van der Waals surface area contributed by atoms with E-state index in [2.05, 4.69) is 5.32 Å². The van der Waals surface area contributed by atoms with Gasteiger partial charge in [-0.3, -0.25) is 9.59 Å². The standard InChI is InChI=1S/C11H19N3O4S/c1-19(17,18)14-5-2-9(3-6-14)11(16)13-7-4-12-10(15)8-13/h9H,2-8H2,1H3,(H,12,15). The van der Waals surface area contributed by atoms with Crippen molar-refractivity contribution in [3.8, 4) is 0 Å². The van der Waals surface area contributed by atoms with Gasteiger partial charge in [-0.05, 0) is 12.8 Å². The van der Waals surface area contributed by atoms with Gasteiger partial charge in [0.15, 0.2) is 0 Å². The average Bonchev–Trinajstić information content (AvgIpc) is 2.37. The van der Waals surface area contributed by atoms with E-state index >= 15 is 0 Å². The lowest BCUT2D eigenvalue weighted by atomic mass is 9.96. The fourth-order valence-corrected chi connectivity index (χ4v) is 3.39. The number of sulfonamides is 1. The Kier molecular flexibility index (Phi) is 4.10. The highest BCUT2D eigenvalue weighted by Crippen LogP contribution is 2.21. The molecule has 1 N–H and O–H groups in total. The third kappa shape index (κ3) is 3.44. The molecule has 2 aliphatic rings. The van der Waals surface area contributed by atoms with E-state index in [0.29, 0.717) is 39.0 Å². The van der Waals surface area contributed by atoms with Crippen molar-refractivity contribution in [1.29, 1.82) is 0 Å². The van der Waals surface area contributed by atoms with Crippen molar-refractivity contribution in [2.45, 2.75) is 12.8 Å². The molecule has 0 bridgehead atoms. The van der Waals surface area contributed by atoms with Gasteiger partial charge in [-0.2, -0.15) is 0 Å². The van der Waals surface area contributed by atoms with Crippen molar-refractivity contribution in [3.05, 3.63) is 0 Å². The van der Waals surface area contributed by atoms with E-state index in [0.717, 1.165) is 0 Å².